The number of benzene rings is 1. The predicted octanol–water partition coefficient (Wildman–Crippen LogP) is 2.13. The molecule has 0 radical (unpaired) electrons. The van der Waals surface area contributed by atoms with Gasteiger partial charge in [-0.15, -0.1) is 0 Å². The van der Waals surface area contributed by atoms with Crippen LogP contribution in [0.5, 0.6) is 0 Å². The van der Waals surface area contributed by atoms with Crippen molar-refractivity contribution < 1.29 is 17.9 Å². The molecule has 2 rings (SSSR count). The van der Waals surface area contributed by atoms with E-state index in [1.807, 2.05) is 6.92 Å². The molecule has 1 aromatic rings. The minimum absolute atomic E-state index is 0.0701. The monoisotopic (exact) mass is 311 g/mol. The van der Waals surface area contributed by atoms with Crippen LogP contribution in [0.2, 0.25) is 0 Å². The highest BCUT2D eigenvalue weighted by Gasteiger charge is 2.33. The van der Waals surface area contributed by atoms with Gasteiger partial charge in [-0.05, 0) is 31.9 Å². The molecule has 0 amide bonds. The fourth-order valence-corrected chi connectivity index (χ4v) is 3.91. The molecular formula is C15H21NO4S. The first-order valence-corrected chi connectivity index (χ1v) is 8.60. The Bertz CT molecular complexity index is 618. The van der Waals surface area contributed by atoms with Gasteiger partial charge in [0.2, 0.25) is 10.0 Å². The third-order valence-electron chi connectivity index (χ3n) is 3.61. The van der Waals surface area contributed by atoms with Crippen molar-refractivity contribution in [3.63, 3.8) is 0 Å². The number of carbonyl (C=O) groups is 1. The minimum Gasteiger partial charge on any atom is -0.380 e. The third kappa shape index (κ3) is 3.90. The lowest BCUT2D eigenvalue weighted by atomic mass is 9.97. The smallest absolute Gasteiger partial charge is 0.241 e. The molecule has 116 valence electrons. The van der Waals surface area contributed by atoms with Gasteiger partial charge in [-0.3, -0.25) is 4.79 Å². The number of Topliss-reactive ketones (excluding diaryl/α,β-unsaturated/α-hetero) is 1. The molecule has 0 aliphatic carbocycles. The van der Waals surface area contributed by atoms with Crippen LogP contribution in [0.15, 0.2) is 29.2 Å². The molecule has 21 heavy (non-hydrogen) atoms. The Kier molecular flexibility index (Phi) is 4.81. The topological polar surface area (TPSA) is 72.5 Å². The highest BCUT2D eigenvalue weighted by Crippen LogP contribution is 2.22. The van der Waals surface area contributed by atoms with E-state index in [0.717, 1.165) is 12.8 Å². The zero-order chi connectivity index (χ0) is 15.5. The summed E-state index contributed by atoms with van der Waals surface area (Å²) >= 11 is 0. The lowest BCUT2D eigenvalue weighted by molar-refractivity contribution is 0.0386. The van der Waals surface area contributed by atoms with Gasteiger partial charge in [-0.1, -0.05) is 19.1 Å². The summed E-state index contributed by atoms with van der Waals surface area (Å²) in [6.45, 7) is 4.62. The Hall–Kier alpha value is -1.24. The molecule has 1 saturated heterocycles. The van der Waals surface area contributed by atoms with Crippen LogP contribution < -0.4 is 4.72 Å². The molecule has 1 N–H and O–H groups in total. The fraction of sp³-hybridized carbons (Fsp3) is 0.533. The molecule has 1 unspecified atom stereocenters. The molecule has 1 aliphatic rings. The second-order valence-corrected chi connectivity index (χ2v) is 7.31. The van der Waals surface area contributed by atoms with Crippen molar-refractivity contribution >= 4 is 15.8 Å². The van der Waals surface area contributed by atoms with Crippen LogP contribution in [0.25, 0.3) is 0 Å². The quantitative estimate of drug-likeness (QED) is 0.846. The second kappa shape index (κ2) is 6.25. The maximum atomic E-state index is 12.5. The summed E-state index contributed by atoms with van der Waals surface area (Å²) in [5.41, 5.74) is -0.174. The number of ether oxygens (including phenoxy) is 1. The summed E-state index contributed by atoms with van der Waals surface area (Å²) in [6, 6.07) is 6.16. The van der Waals surface area contributed by atoms with E-state index in [1.165, 1.54) is 12.1 Å². The largest absolute Gasteiger partial charge is 0.380 e. The Morgan fingerprint density at radius 3 is 2.81 bits per heavy atom. The number of carbonyl (C=O) groups excluding carboxylic acids is 1. The van der Waals surface area contributed by atoms with Crippen LogP contribution in [0.4, 0.5) is 0 Å². The number of hydrogen-bond acceptors (Lipinski definition) is 4. The van der Waals surface area contributed by atoms with Gasteiger partial charge in [0, 0.05) is 18.6 Å². The van der Waals surface area contributed by atoms with Crippen LogP contribution in [0.1, 0.15) is 43.5 Å². The lowest BCUT2D eigenvalue weighted by Gasteiger charge is -2.33. The maximum Gasteiger partial charge on any atom is 0.241 e. The van der Waals surface area contributed by atoms with E-state index in [1.54, 1.807) is 19.1 Å². The molecule has 0 aromatic heterocycles. The van der Waals surface area contributed by atoms with E-state index in [0.29, 0.717) is 25.2 Å². The number of nitrogens with one attached hydrogen (secondary N) is 1. The SMILES string of the molecule is CCC(=O)c1cccc(S(=O)(=O)NC2(C)CCCOC2)c1. The van der Waals surface area contributed by atoms with Crippen molar-refractivity contribution in [1.29, 1.82) is 0 Å². The summed E-state index contributed by atoms with van der Waals surface area (Å²) < 4.78 is 33.1. The van der Waals surface area contributed by atoms with E-state index in [4.69, 9.17) is 4.74 Å². The normalized spacial score (nSPS) is 23.0. The van der Waals surface area contributed by atoms with Crippen molar-refractivity contribution in [2.75, 3.05) is 13.2 Å². The third-order valence-corrected chi connectivity index (χ3v) is 5.24. The molecule has 1 fully saturated rings. The molecule has 0 spiro atoms. The molecule has 1 atom stereocenters. The number of rotatable bonds is 5. The zero-order valence-corrected chi connectivity index (χ0v) is 13.2. The highest BCUT2D eigenvalue weighted by molar-refractivity contribution is 7.89. The first-order chi connectivity index (χ1) is 9.86. The van der Waals surface area contributed by atoms with Gasteiger partial charge in [0.25, 0.3) is 0 Å². The van der Waals surface area contributed by atoms with Crippen molar-refractivity contribution in [3.8, 4) is 0 Å². The fourth-order valence-electron chi connectivity index (χ4n) is 2.44. The van der Waals surface area contributed by atoms with Gasteiger partial charge in [-0.25, -0.2) is 13.1 Å². The highest BCUT2D eigenvalue weighted by atomic mass is 32.2. The lowest BCUT2D eigenvalue weighted by Crippen LogP contribution is -2.51. The Morgan fingerprint density at radius 2 is 2.19 bits per heavy atom. The molecule has 0 bridgehead atoms. The van der Waals surface area contributed by atoms with Crippen molar-refractivity contribution in [2.45, 2.75) is 43.5 Å². The van der Waals surface area contributed by atoms with Gasteiger partial charge in [0.1, 0.15) is 0 Å². The van der Waals surface area contributed by atoms with Crippen LogP contribution in [0.3, 0.4) is 0 Å². The Labute approximate surface area is 125 Å². The summed E-state index contributed by atoms with van der Waals surface area (Å²) in [4.78, 5) is 11.8. The average Bonchev–Trinajstić information content (AvgIpc) is 2.46. The second-order valence-electron chi connectivity index (χ2n) is 5.63. The maximum absolute atomic E-state index is 12.5. The van der Waals surface area contributed by atoms with Crippen LogP contribution in [-0.2, 0) is 14.8 Å². The van der Waals surface area contributed by atoms with Crippen molar-refractivity contribution in [2.24, 2.45) is 0 Å². The van der Waals surface area contributed by atoms with E-state index in [2.05, 4.69) is 4.72 Å². The van der Waals surface area contributed by atoms with Crippen LogP contribution in [-0.4, -0.2) is 33.0 Å². The van der Waals surface area contributed by atoms with E-state index < -0.39 is 15.6 Å². The number of sulfonamides is 1. The number of hydrogen-bond donors (Lipinski definition) is 1. The molecule has 1 aliphatic heterocycles. The predicted molar refractivity (Wildman–Crippen MR) is 79.8 cm³/mol. The average molecular weight is 311 g/mol. The minimum atomic E-state index is -3.66. The summed E-state index contributed by atoms with van der Waals surface area (Å²) in [7, 11) is -3.66. The Balaban J connectivity index is 2.25. The van der Waals surface area contributed by atoms with Crippen LogP contribution >= 0.6 is 0 Å². The summed E-state index contributed by atoms with van der Waals surface area (Å²) in [5, 5.41) is 0. The van der Waals surface area contributed by atoms with Gasteiger partial charge >= 0.3 is 0 Å². The molecular weight excluding hydrogens is 290 g/mol. The van der Waals surface area contributed by atoms with E-state index in [-0.39, 0.29) is 10.7 Å². The molecule has 1 aromatic carbocycles. The number of ketones is 1. The summed E-state index contributed by atoms with van der Waals surface area (Å²) in [5.74, 6) is -0.0701. The van der Waals surface area contributed by atoms with Crippen molar-refractivity contribution in [3.05, 3.63) is 29.8 Å². The first-order valence-electron chi connectivity index (χ1n) is 7.11. The van der Waals surface area contributed by atoms with E-state index in [9.17, 15) is 13.2 Å². The standard InChI is InChI=1S/C15H21NO4S/c1-3-14(17)12-6-4-7-13(10-12)21(18,19)16-15(2)8-5-9-20-11-15/h4,6-7,10,16H,3,5,8-9,11H2,1-2H3. The molecule has 1 heterocycles. The molecule has 5 nitrogen and oxygen atoms in total. The van der Waals surface area contributed by atoms with Gasteiger partial charge in [0.05, 0.1) is 17.0 Å². The Morgan fingerprint density at radius 1 is 1.43 bits per heavy atom. The zero-order valence-electron chi connectivity index (χ0n) is 12.4. The van der Waals surface area contributed by atoms with Gasteiger partial charge in [-0.2, -0.15) is 0 Å². The van der Waals surface area contributed by atoms with Crippen molar-refractivity contribution in [1.82, 2.24) is 4.72 Å². The van der Waals surface area contributed by atoms with E-state index >= 15 is 0 Å². The summed E-state index contributed by atoms with van der Waals surface area (Å²) in [6.07, 6.45) is 1.91. The molecule has 0 saturated carbocycles. The van der Waals surface area contributed by atoms with Crippen LogP contribution in [0, 0.1) is 0 Å². The van der Waals surface area contributed by atoms with Gasteiger partial charge in [0.15, 0.2) is 5.78 Å². The van der Waals surface area contributed by atoms with Gasteiger partial charge < -0.3 is 4.74 Å². The molecule has 6 heteroatoms. The first kappa shape index (κ1) is 16.1.